The molecule has 0 fully saturated rings. The summed E-state index contributed by atoms with van der Waals surface area (Å²) in [5.74, 6) is 0.392. The van der Waals surface area contributed by atoms with Gasteiger partial charge in [-0.15, -0.1) is 24.0 Å². The van der Waals surface area contributed by atoms with Crippen LogP contribution in [-0.4, -0.2) is 37.3 Å². The Kier molecular flexibility index (Phi) is 11.9. The molecule has 8 heteroatoms. The number of hydrogen-bond acceptors (Lipinski definition) is 3. The van der Waals surface area contributed by atoms with E-state index in [-0.39, 0.29) is 29.8 Å². The Hall–Kier alpha value is -1.58. The topological polar surface area (TPSA) is 74.8 Å². The molecule has 3 N–H and O–H groups in total. The molecule has 1 aromatic rings. The summed E-state index contributed by atoms with van der Waals surface area (Å²) in [6.07, 6.45) is 0.308. The maximum absolute atomic E-state index is 13.2. The first-order valence-corrected chi connectivity index (χ1v) is 8.53. The van der Waals surface area contributed by atoms with Crippen LogP contribution < -0.4 is 16.0 Å². The summed E-state index contributed by atoms with van der Waals surface area (Å²) in [5, 5.41) is 9.02. The number of benzene rings is 1. The lowest BCUT2D eigenvalue weighted by atomic mass is 10.2. The van der Waals surface area contributed by atoms with E-state index in [9.17, 15) is 9.18 Å². The number of carbonyl (C=O) groups excluding carboxylic acids is 1. The highest BCUT2D eigenvalue weighted by molar-refractivity contribution is 14.0. The van der Waals surface area contributed by atoms with Crippen molar-refractivity contribution in [3.63, 3.8) is 0 Å². The molecule has 0 saturated carbocycles. The number of nitrogens with zero attached hydrogens (tertiary/aromatic N) is 1. The molecular formula is C18H30FIN4O2. The minimum atomic E-state index is -0.496. The van der Waals surface area contributed by atoms with E-state index in [0.717, 1.165) is 18.5 Å². The van der Waals surface area contributed by atoms with Crippen molar-refractivity contribution in [1.82, 2.24) is 16.0 Å². The van der Waals surface area contributed by atoms with E-state index in [2.05, 4.69) is 20.9 Å². The number of aliphatic imine (C=N–C) groups is 1. The quantitative estimate of drug-likeness (QED) is 0.242. The first-order valence-electron chi connectivity index (χ1n) is 8.53. The zero-order chi connectivity index (χ0) is 18.7. The van der Waals surface area contributed by atoms with E-state index >= 15 is 0 Å². The molecule has 0 spiro atoms. The number of hydrogen-bond donors (Lipinski definition) is 3. The zero-order valence-electron chi connectivity index (χ0n) is 15.9. The third kappa shape index (κ3) is 11.9. The highest BCUT2D eigenvalue weighted by Gasteiger charge is 2.15. The number of carbonyl (C=O) groups is 1. The number of halogens is 2. The molecule has 1 aromatic carbocycles. The molecule has 0 saturated heterocycles. The predicted octanol–water partition coefficient (Wildman–Crippen LogP) is 3.41. The Bertz CT molecular complexity index is 577. The molecule has 0 radical (unpaired) electrons. The summed E-state index contributed by atoms with van der Waals surface area (Å²) in [6, 6.07) is 6.38. The summed E-state index contributed by atoms with van der Waals surface area (Å²) in [6.45, 7) is 9.72. The highest BCUT2D eigenvalue weighted by Crippen LogP contribution is 2.06. The summed E-state index contributed by atoms with van der Waals surface area (Å²) in [4.78, 5) is 15.9. The van der Waals surface area contributed by atoms with Gasteiger partial charge in [0.05, 0.1) is 6.54 Å². The maximum atomic E-state index is 13.2. The van der Waals surface area contributed by atoms with Gasteiger partial charge in [0.25, 0.3) is 0 Å². The zero-order valence-corrected chi connectivity index (χ0v) is 18.2. The normalized spacial score (nSPS) is 11.3. The number of amides is 1. The van der Waals surface area contributed by atoms with Gasteiger partial charge < -0.3 is 20.7 Å². The van der Waals surface area contributed by atoms with Crippen LogP contribution >= 0.6 is 24.0 Å². The summed E-state index contributed by atoms with van der Waals surface area (Å²) < 4.78 is 18.3. The Morgan fingerprint density at radius 3 is 2.50 bits per heavy atom. The Labute approximate surface area is 172 Å². The monoisotopic (exact) mass is 480 g/mol. The van der Waals surface area contributed by atoms with Crippen molar-refractivity contribution in [2.24, 2.45) is 4.99 Å². The van der Waals surface area contributed by atoms with Crippen LogP contribution in [0.2, 0.25) is 0 Å². The number of guanidine groups is 1. The van der Waals surface area contributed by atoms with Crippen molar-refractivity contribution < 1.29 is 13.9 Å². The van der Waals surface area contributed by atoms with E-state index < -0.39 is 11.7 Å². The van der Waals surface area contributed by atoms with Crippen LogP contribution in [0.4, 0.5) is 9.18 Å². The van der Waals surface area contributed by atoms with E-state index in [1.807, 2.05) is 33.8 Å². The Morgan fingerprint density at radius 2 is 1.88 bits per heavy atom. The van der Waals surface area contributed by atoms with Crippen LogP contribution in [0, 0.1) is 5.82 Å². The molecule has 0 bridgehead atoms. The summed E-state index contributed by atoms with van der Waals surface area (Å²) >= 11 is 0. The molecule has 0 unspecified atom stereocenters. The number of nitrogens with one attached hydrogen (secondary N) is 3. The van der Waals surface area contributed by atoms with Crippen molar-refractivity contribution in [3.8, 4) is 0 Å². The van der Waals surface area contributed by atoms with Crippen molar-refractivity contribution >= 4 is 36.0 Å². The molecular weight excluding hydrogens is 450 g/mol. The third-order valence-corrected chi connectivity index (χ3v) is 2.97. The molecule has 0 atom stereocenters. The van der Waals surface area contributed by atoms with Crippen LogP contribution in [0.1, 0.15) is 39.7 Å². The smallest absolute Gasteiger partial charge is 0.407 e. The van der Waals surface area contributed by atoms with Gasteiger partial charge in [0.15, 0.2) is 5.96 Å². The third-order valence-electron chi connectivity index (χ3n) is 2.97. The number of alkyl carbamates (subject to hydrolysis) is 1. The fourth-order valence-corrected chi connectivity index (χ4v) is 1.95. The van der Waals surface area contributed by atoms with Crippen molar-refractivity contribution in [1.29, 1.82) is 0 Å². The molecule has 26 heavy (non-hydrogen) atoms. The Balaban J connectivity index is 0.00000625. The fourth-order valence-electron chi connectivity index (χ4n) is 1.95. The van der Waals surface area contributed by atoms with E-state index in [1.165, 1.54) is 12.1 Å². The van der Waals surface area contributed by atoms with Crippen molar-refractivity contribution in [3.05, 3.63) is 35.6 Å². The Morgan fingerprint density at radius 1 is 1.19 bits per heavy atom. The first-order chi connectivity index (χ1) is 11.8. The van der Waals surface area contributed by atoms with Gasteiger partial charge in [-0.3, -0.25) is 0 Å². The van der Waals surface area contributed by atoms with Gasteiger partial charge in [0.2, 0.25) is 0 Å². The molecule has 6 nitrogen and oxygen atoms in total. The standard InChI is InChI=1S/C18H29FN4O2.HI/c1-5-20-16(23-13-14-8-6-9-15(19)12-14)21-10-7-11-22-17(24)25-18(2,3)4;/h6,8-9,12H,5,7,10-11,13H2,1-4H3,(H,22,24)(H2,20,21,23);1H. The molecule has 1 rings (SSSR count). The average molecular weight is 480 g/mol. The second kappa shape index (κ2) is 12.7. The van der Waals surface area contributed by atoms with Crippen molar-refractivity contribution in [2.45, 2.75) is 46.3 Å². The van der Waals surface area contributed by atoms with Gasteiger partial charge in [0.1, 0.15) is 11.4 Å². The van der Waals surface area contributed by atoms with Gasteiger partial charge in [-0.1, -0.05) is 12.1 Å². The van der Waals surface area contributed by atoms with Crippen LogP contribution in [0.25, 0.3) is 0 Å². The van der Waals surface area contributed by atoms with Gasteiger partial charge in [-0.2, -0.15) is 0 Å². The summed E-state index contributed by atoms with van der Waals surface area (Å²) in [7, 11) is 0. The summed E-state index contributed by atoms with van der Waals surface area (Å²) in [5.41, 5.74) is 0.313. The number of ether oxygens (including phenoxy) is 1. The molecule has 0 aliphatic carbocycles. The molecule has 0 heterocycles. The van der Waals surface area contributed by atoms with Crippen LogP contribution in [-0.2, 0) is 11.3 Å². The van der Waals surface area contributed by atoms with Crippen LogP contribution in [0.15, 0.2) is 29.3 Å². The van der Waals surface area contributed by atoms with Crippen LogP contribution in [0.5, 0.6) is 0 Å². The van der Waals surface area contributed by atoms with Gasteiger partial charge >= 0.3 is 6.09 Å². The van der Waals surface area contributed by atoms with Gasteiger partial charge in [-0.05, 0) is 51.8 Å². The minimum Gasteiger partial charge on any atom is -0.444 e. The second-order valence-electron chi connectivity index (χ2n) is 6.53. The van der Waals surface area contributed by atoms with E-state index in [0.29, 0.717) is 25.6 Å². The SMILES string of the molecule is CCNC(=NCc1cccc(F)c1)NCCCNC(=O)OC(C)(C)C.I. The maximum Gasteiger partial charge on any atom is 0.407 e. The van der Waals surface area contributed by atoms with Gasteiger partial charge in [-0.25, -0.2) is 14.2 Å². The molecule has 1 amide bonds. The lowest BCUT2D eigenvalue weighted by molar-refractivity contribution is 0.0527. The lowest BCUT2D eigenvalue weighted by Gasteiger charge is -2.19. The largest absolute Gasteiger partial charge is 0.444 e. The molecule has 0 aliphatic rings. The van der Waals surface area contributed by atoms with Gasteiger partial charge in [0, 0.05) is 19.6 Å². The van der Waals surface area contributed by atoms with Crippen molar-refractivity contribution in [2.75, 3.05) is 19.6 Å². The predicted molar refractivity (Wildman–Crippen MR) is 113 cm³/mol. The molecule has 0 aliphatic heterocycles. The molecule has 0 aromatic heterocycles. The van der Waals surface area contributed by atoms with Crippen LogP contribution in [0.3, 0.4) is 0 Å². The highest BCUT2D eigenvalue weighted by atomic mass is 127. The van der Waals surface area contributed by atoms with E-state index in [4.69, 9.17) is 4.74 Å². The fraction of sp³-hybridized carbons (Fsp3) is 0.556. The minimum absolute atomic E-state index is 0. The lowest BCUT2D eigenvalue weighted by Crippen LogP contribution is -2.39. The second-order valence-corrected chi connectivity index (χ2v) is 6.53. The van der Waals surface area contributed by atoms with E-state index in [1.54, 1.807) is 6.07 Å². The number of rotatable bonds is 7. The molecule has 148 valence electrons. The average Bonchev–Trinajstić information content (AvgIpc) is 2.50. The first kappa shape index (κ1) is 24.4.